The van der Waals surface area contributed by atoms with E-state index in [2.05, 4.69) is 39.6 Å². The normalized spacial score (nSPS) is 10.2. The van der Waals surface area contributed by atoms with Gasteiger partial charge in [0.1, 0.15) is 0 Å². The molecule has 4 heteroatoms. The van der Waals surface area contributed by atoms with Gasteiger partial charge in [-0.1, -0.05) is 13.3 Å². The average Bonchev–Trinajstić information content (AvgIpc) is 2.87. The van der Waals surface area contributed by atoms with Crippen LogP contribution in [0.5, 0.6) is 0 Å². The third-order valence-electron chi connectivity index (χ3n) is 3.27. The summed E-state index contributed by atoms with van der Waals surface area (Å²) in [5.74, 6) is 0. The molecule has 94 valence electrons. The SMILES string of the molecule is C[CH2][Sn]([CH2]C)([CH2]C)[c]1ncco1.[CH2-]CCC.[Li+]. The van der Waals surface area contributed by atoms with Crippen molar-refractivity contribution in [1.29, 1.82) is 0 Å². The number of unbranched alkanes of at least 4 members (excludes halogenated alkanes) is 1. The molecular formula is C13H26LiNOSn. The van der Waals surface area contributed by atoms with Gasteiger partial charge in [0.15, 0.2) is 0 Å². The Kier molecular flexibility index (Phi) is 13.7. The van der Waals surface area contributed by atoms with Crippen molar-refractivity contribution < 1.29 is 23.3 Å². The van der Waals surface area contributed by atoms with Crippen molar-refractivity contribution in [2.45, 2.75) is 53.8 Å². The fourth-order valence-electron chi connectivity index (χ4n) is 1.69. The quantitative estimate of drug-likeness (QED) is 0.592. The summed E-state index contributed by atoms with van der Waals surface area (Å²) in [6.07, 6.45) is 5.77. The molecule has 0 unspecified atom stereocenters. The third-order valence-corrected chi connectivity index (χ3v) is 18.2. The number of oxazole rings is 1. The van der Waals surface area contributed by atoms with Gasteiger partial charge < -0.3 is 6.92 Å². The first kappa shape index (κ1) is 19.9. The van der Waals surface area contributed by atoms with Crippen LogP contribution >= 0.6 is 0 Å². The molecule has 17 heavy (non-hydrogen) atoms. The zero-order chi connectivity index (χ0) is 12.4. The van der Waals surface area contributed by atoms with E-state index in [4.69, 9.17) is 4.42 Å². The van der Waals surface area contributed by atoms with Gasteiger partial charge >= 0.3 is 97.1 Å². The number of aromatic nitrogens is 1. The molecule has 0 saturated heterocycles. The van der Waals surface area contributed by atoms with Crippen molar-refractivity contribution in [3.63, 3.8) is 0 Å². The minimum Gasteiger partial charge on any atom is -0.343 e. The van der Waals surface area contributed by atoms with E-state index in [1.807, 2.05) is 0 Å². The van der Waals surface area contributed by atoms with Gasteiger partial charge in [0, 0.05) is 0 Å². The number of hydrogen-bond acceptors (Lipinski definition) is 2. The molecule has 0 N–H and O–H groups in total. The molecule has 0 amide bonds. The molecule has 2 nitrogen and oxygen atoms in total. The van der Waals surface area contributed by atoms with Crippen LogP contribution in [0.15, 0.2) is 16.9 Å². The summed E-state index contributed by atoms with van der Waals surface area (Å²) in [5, 5.41) is 0. The molecule has 0 fully saturated rings. The van der Waals surface area contributed by atoms with Crippen molar-refractivity contribution in [3.8, 4) is 0 Å². The summed E-state index contributed by atoms with van der Waals surface area (Å²) in [7, 11) is 0. The standard InChI is InChI=1S/C4H9.C3H2NO.3C2H5.Li.Sn/c1-3-4-2;1-2-5-3-4-1;3*1-2;;/h1,3-4H2,2H3;1-2H;3*1H2,2H3;;/q-1;;;;;+1;. The first-order chi connectivity index (χ1) is 7.70. The van der Waals surface area contributed by atoms with Gasteiger partial charge in [-0.2, -0.15) is 6.42 Å². The van der Waals surface area contributed by atoms with Crippen LogP contribution in [0, 0.1) is 6.92 Å². The fourth-order valence-corrected chi connectivity index (χ4v) is 10.5. The van der Waals surface area contributed by atoms with Crippen molar-refractivity contribution in [1.82, 2.24) is 4.98 Å². The maximum Gasteiger partial charge on any atom is 1.00 e. The van der Waals surface area contributed by atoms with Gasteiger partial charge in [-0.15, -0.1) is 0 Å². The topological polar surface area (TPSA) is 26.0 Å². The smallest absolute Gasteiger partial charge is 0.343 e. The molecule has 0 atom stereocenters. The molecule has 0 aromatic carbocycles. The van der Waals surface area contributed by atoms with Crippen LogP contribution in [0.3, 0.4) is 0 Å². The third kappa shape index (κ3) is 6.36. The first-order valence-corrected chi connectivity index (χ1v) is 13.9. The van der Waals surface area contributed by atoms with Crippen LogP contribution in [-0.4, -0.2) is 23.4 Å². The van der Waals surface area contributed by atoms with E-state index in [1.165, 1.54) is 19.7 Å². The molecule has 0 radical (unpaired) electrons. The van der Waals surface area contributed by atoms with Crippen molar-refractivity contribution >= 4 is 22.3 Å². The van der Waals surface area contributed by atoms with Gasteiger partial charge in [-0.25, -0.2) is 0 Å². The summed E-state index contributed by atoms with van der Waals surface area (Å²) in [4.78, 5) is 4.33. The van der Waals surface area contributed by atoms with Crippen LogP contribution in [-0.2, 0) is 0 Å². The van der Waals surface area contributed by atoms with E-state index in [9.17, 15) is 0 Å². The van der Waals surface area contributed by atoms with Gasteiger partial charge in [0.25, 0.3) is 0 Å². The van der Waals surface area contributed by atoms with Crippen molar-refractivity contribution in [3.05, 3.63) is 19.4 Å². The van der Waals surface area contributed by atoms with Crippen LogP contribution in [0.4, 0.5) is 0 Å². The Labute approximate surface area is 123 Å². The van der Waals surface area contributed by atoms with Gasteiger partial charge in [0.05, 0.1) is 0 Å². The molecule has 0 spiro atoms. The fraction of sp³-hybridized carbons (Fsp3) is 0.692. The largest absolute Gasteiger partial charge is 1.00 e. The molecule has 0 saturated carbocycles. The minimum atomic E-state index is -2.08. The van der Waals surface area contributed by atoms with Crippen molar-refractivity contribution in [2.24, 2.45) is 0 Å². The Balaban J connectivity index is 0. The maximum atomic E-state index is 5.45. The molecule has 1 rings (SSSR count). The zero-order valence-electron chi connectivity index (χ0n) is 12.3. The molecule has 1 aromatic heterocycles. The summed E-state index contributed by atoms with van der Waals surface area (Å²) in [6, 6.07) is 0. The first-order valence-electron chi connectivity index (χ1n) is 6.39. The Morgan fingerprint density at radius 2 is 1.65 bits per heavy atom. The van der Waals surface area contributed by atoms with E-state index in [0.29, 0.717) is 0 Å². The Morgan fingerprint density at radius 1 is 1.18 bits per heavy atom. The van der Waals surface area contributed by atoms with Crippen LogP contribution in [0.2, 0.25) is 13.3 Å². The second-order valence-electron chi connectivity index (χ2n) is 4.03. The van der Waals surface area contributed by atoms with Crippen LogP contribution < -0.4 is 22.8 Å². The van der Waals surface area contributed by atoms with E-state index in [0.717, 1.165) is 10.3 Å². The Hall–Kier alpha value is 0.606. The summed E-state index contributed by atoms with van der Waals surface area (Å²) >= 11 is -2.08. The van der Waals surface area contributed by atoms with Gasteiger partial charge in [-0.3, -0.25) is 0 Å². The monoisotopic (exact) mass is 339 g/mol. The predicted octanol–water partition coefficient (Wildman–Crippen LogP) is 1.01. The molecule has 0 aliphatic heterocycles. The van der Waals surface area contributed by atoms with E-state index in [1.54, 1.807) is 12.5 Å². The molecule has 0 aliphatic rings. The summed E-state index contributed by atoms with van der Waals surface area (Å²) in [5.41, 5.74) is 0. The summed E-state index contributed by atoms with van der Waals surface area (Å²) in [6.45, 7) is 12.6. The number of nitrogens with zero attached hydrogens (tertiary/aromatic N) is 1. The zero-order valence-corrected chi connectivity index (χ0v) is 15.1. The second-order valence-corrected chi connectivity index (χ2v) is 18.6. The molecule has 0 bridgehead atoms. The molecule has 1 heterocycles. The Morgan fingerprint density at radius 3 is 1.88 bits per heavy atom. The molecule has 1 aromatic rings. The Bertz CT molecular complexity index is 238. The average molecular weight is 338 g/mol. The second kappa shape index (κ2) is 11.7. The van der Waals surface area contributed by atoms with Gasteiger partial charge in [0.2, 0.25) is 0 Å². The summed E-state index contributed by atoms with van der Waals surface area (Å²) < 4.78 is 10.5. The van der Waals surface area contributed by atoms with Gasteiger partial charge in [-0.05, 0) is 0 Å². The van der Waals surface area contributed by atoms with E-state index in [-0.39, 0.29) is 18.9 Å². The number of hydrogen-bond donors (Lipinski definition) is 0. The van der Waals surface area contributed by atoms with Crippen molar-refractivity contribution in [2.75, 3.05) is 0 Å². The van der Waals surface area contributed by atoms with E-state index >= 15 is 0 Å². The van der Waals surface area contributed by atoms with E-state index < -0.39 is 18.4 Å². The number of rotatable bonds is 5. The molecule has 0 aliphatic carbocycles. The predicted molar refractivity (Wildman–Crippen MR) is 73.6 cm³/mol. The molecular weight excluding hydrogens is 312 g/mol. The van der Waals surface area contributed by atoms with Crippen LogP contribution in [0.25, 0.3) is 0 Å². The van der Waals surface area contributed by atoms with Crippen LogP contribution in [0.1, 0.15) is 40.5 Å². The minimum absolute atomic E-state index is 0. The maximum absolute atomic E-state index is 5.45.